The number of urea groups is 1. The molecule has 4 rings (SSSR count). The molecule has 1 atom stereocenters. The van der Waals surface area contributed by atoms with Crippen LogP contribution in [0, 0.1) is 0 Å². The number of ether oxygens (including phenoxy) is 2. The Morgan fingerprint density at radius 1 is 1.12 bits per heavy atom. The molecule has 1 aliphatic heterocycles. The van der Waals surface area contributed by atoms with Crippen molar-refractivity contribution in [1.82, 2.24) is 20.4 Å². The zero-order chi connectivity index (χ0) is 22.7. The van der Waals surface area contributed by atoms with E-state index in [1.165, 1.54) is 0 Å². The summed E-state index contributed by atoms with van der Waals surface area (Å²) >= 11 is 0. The molecular weight excluding hydrogens is 412 g/mol. The van der Waals surface area contributed by atoms with Crippen LogP contribution in [0.25, 0.3) is 5.69 Å². The number of nitrogens with zero attached hydrogens (tertiary/aromatic N) is 2. The van der Waals surface area contributed by atoms with Crippen LogP contribution in [0.4, 0.5) is 4.79 Å². The van der Waals surface area contributed by atoms with Gasteiger partial charge in [0.05, 0.1) is 35.3 Å². The van der Waals surface area contributed by atoms with Crippen LogP contribution in [0.2, 0.25) is 0 Å². The Morgan fingerprint density at radius 3 is 2.53 bits per heavy atom. The smallest absolute Gasteiger partial charge is 0.357 e. The quantitative estimate of drug-likeness (QED) is 0.613. The van der Waals surface area contributed by atoms with Crippen LogP contribution in [0.3, 0.4) is 0 Å². The Morgan fingerprint density at radius 2 is 1.88 bits per heavy atom. The van der Waals surface area contributed by atoms with Gasteiger partial charge >= 0.3 is 18.0 Å². The van der Waals surface area contributed by atoms with Crippen molar-refractivity contribution in [2.45, 2.75) is 45.1 Å². The molecule has 0 radical (unpaired) electrons. The monoisotopic (exact) mass is 438 g/mol. The molecule has 1 fully saturated rings. The van der Waals surface area contributed by atoms with E-state index in [2.05, 4.69) is 15.7 Å². The molecule has 2 N–H and O–H groups in total. The topological polar surface area (TPSA) is 112 Å². The molecule has 2 heterocycles. The summed E-state index contributed by atoms with van der Waals surface area (Å²) in [5.41, 5.74) is 2.38. The standard InChI is InChI=1S/C23H26N4O5/c1-3-16-20(22(29)31-4-2)18(25-23(30)24-16)13-32-21(28)19-12-17(14-10-11-14)26-27(19)15-8-6-5-7-9-15/h5-9,12,14,16H,3-4,10-11,13H2,1-2H3,(H2,24,25,30)/t16-/m0/s1. The van der Waals surface area contributed by atoms with Gasteiger partial charge in [0.1, 0.15) is 6.61 Å². The first kappa shape index (κ1) is 21.6. The van der Waals surface area contributed by atoms with Crippen molar-refractivity contribution in [1.29, 1.82) is 0 Å². The number of para-hydroxylation sites is 1. The minimum Gasteiger partial charge on any atom is -0.463 e. The van der Waals surface area contributed by atoms with Gasteiger partial charge in [0.15, 0.2) is 5.69 Å². The van der Waals surface area contributed by atoms with E-state index in [0.717, 1.165) is 24.2 Å². The molecule has 0 unspecified atom stereocenters. The maximum atomic E-state index is 13.0. The Balaban J connectivity index is 1.60. The Bertz CT molecular complexity index is 1060. The second-order valence-electron chi connectivity index (χ2n) is 7.72. The number of aromatic nitrogens is 2. The molecule has 2 amide bonds. The van der Waals surface area contributed by atoms with E-state index in [1.54, 1.807) is 17.7 Å². The molecule has 9 nitrogen and oxygen atoms in total. The molecule has 0 spiro atoms. The number of nitrogens with one attached hydrogen (secondary N) is 2. The molecule has 168 valence electrons. The molecule has 1 aliphatic carbocycles. The van der Waals surface area contributed by atoms with Crippen molar-refractivity contribution >= 4 is 18.0 Å². The number of carbonyl (C=O) groups is 3. The summed E-state index contributed by atoms with van der Waals surface area (Å²) in [5.74, 6) is -0.785. The van der Waals surface area contributed by atoms with Crippen molar-refractivity contribution in [3.05, 3.63) is 59.1 Å². The number of esters is 2. The van der Waals surface area contributed by atoms with Gasteiger partial charge in [0.25, 0.3) is 0 Å². The third-order valence-corrected chi connectivity index (χ3v) is 5.43. The van der Waals surface area contributed by atoms with Crippen LogP contribution in [-0.2, 0) is 14.3 Å². The molecule has 9 heteroatoms. The van der Waals surface area contributed by atoms with Gasteiger partial charge in [0, 0.05) is 5.92 Å². The van der Waals surface area contributed by atoms with Gasteiger partial charge in [0.2, 0.25) is 0 Å². The van der Waals surface area contributed by atoms with E-state index in [9.17, 15) is 14.4 Å². The molecule has 0 saturated heterocycles. The van der Waals surface area contributed by atoms with E-state index in [4.69, 9.17) is 9.47 Å². The summed E-state index contributed by atoms with van der Waals surface area (Å²) in [7, 11) is 0. The molecule has 32 heavy (non-hydrogen) atoms. The highest BCUT2D eigenvalue weighted by Gasteiger charge is 2.33. The summed E-state index contributed by atoms with van der Waals surface area (Å²) in [6.07, 6.45) is 2.59. The fourth-order valence-corrected chi connectivity index (χ4v) is 3.68. The second kappa shape index (κ2) is 9.25. The normalized spacial score (nSPS) is 18.1. The highest BCUT2D eigenvalue weighted by molar-refractivity contribution is 5.95. The van der Waals surface area contributed by atoms with Crippen LogP contribution < -0.4 is 10.6 Å². The average Bonchev–Trinajstić information content (AvgIpc) is 3.55. The Labute approximate surface area is 185 Å². The molecule has 2 aliphatic rings. The van der Waals surface area contributed by atoms with E-state index < -0.39 is 24.0 Å². The first-order valence-corrected chi connectivity index (χ1v) is 10.8. The van der Waals surface area contributed by atoms with Crippen LogP contribution in [0.5, 0.6) is 0 Å². The lowest BCUT2D eigenvalue weighted by Gasteiger charge is -2.28. The van der Waals surface area contributed by atoms with E-state index in [1.807, 2.05) is 37.3 Å². The molecule has 1 aromatic carbocycles. The fraction of sp³-hybridized carbons (Fsp3) is 0.391. The van der Waals surface area contributed by atoms with E-state index in [-0.39, 0.29) is 24.5 Å². The summed E-state index contributed by atoms with van der Waals surface area (Å²) in [5, 5.41) is 9.89. The Hall–Kier alpha value is -3.62. The highest BCUT2D eigenvalue weighted by atomic mass is 16.5. The molecular formula is C23H26N4O5. The predicted octanol–water partition coefficient (Wildman–Crippen LogP) is 2.82. The third kappa shape index (κ3) is 4.51. The van der Waals surface area contributed by atoms with Gasteiger partial charge in [-0.3, -0.25) is 0 Å². The van der Waals surface area contributed by atoms with Crippen LogP contribution in [0.15, 0.2) is 47.7 Å². The molecule has 1 saturated carbocycles. The summed E-state index contributed by atoms with van der Waals surface area (Å²) in [6.45, 7) is 3.47. The van der Waals surface area contributed by atoms with E-state index >= 15 is 0 Å². The fourth-order valence-electron chi connectivity index (χ4n) is 3.68. The highest BCUT2D eigenvalue weighted by Crippen LogP contribution is 2.39. The molecule has 0 bridgehead atoms. The number of amides is 2. The van der Waals surface area contributed by atoms with Crippen molar-refractivity contribution < 1.29 is 23.9 Å². The van der Waals surface area contributed by atoms with Gasteiger partial charge in [-0.25, -0.2) is 19.1 Å². The van der Waals surface area contributed by atoms with Crippen LogP contribution in [-0.4, -0.2) is 47.0 Å². The third-order valence-electron chi connectivity index (χ3n) is 5.43. The largest absolute Gasteiger partial charge is 0.463 e. The van der Waals surface area contributed by atoms with Gasteiger partial charge in [-0.15, -0.1) is 0 Å². The number of carbonyl (C=O) groups excluding carboxylic acids is 3. The number of hydrogen-bond donors (Lipinski definition) is 2. The summed E-state index contributed by atoms with van der Waals surface area (Å²) < 4.78 is 12.3. The lowest BCUT2D eigenvalue weighted by molar-refractivity contribution is -0.139. The molecule has 2 aromatic rings. The van der Waals surface area contributed by atoms with Gasteiger partial charge in [-0.05, 0) is 44.4 Å². The average molecular weight is 438 g/mol. The number of rotatable bonds is 8. The Kier molecular flexibility index (Phi) is 6.25. The predicted molar refractivity (Wildman–Crippen MR) is 115 cm³/mol. The maximum Gasteiger partial charge on any atom is 0.357 e. The van der Waals surface area contributed by atoms with E-state index in [0.29, 0.717) is 18.0 Å². The first-order chi connectivity index (χ1) is 15.5. The van der Waals surface area contributed by atoms with Crippen molar-refractivity contribution in [3.8, 4) is 5.69 Å². The maximum absolute atomic E-state index is 13.0. The number of hydrogen-bond acceptors (Lipinski definition) is 6. The molecule has 1 aromatic heterocycles. The lowest BCUT2D eigenvalue weighted by atomic mass is 10.0. The first-order valence-electron chi connectivity index (χ1n) is 10.8. The zero-order valence-electron chi connectivity index (χ0n) is 18.1. The van der Waals surface area contributed by atoms with Crippen molar-refractivity contribution in [2.24, 2.45) is 0 Å². The minimum atomic E-state index is -0.593. The zero-order valence-corrected chi connectivity index (χ0v) is 18.1. The van der Waals surface area contributed by atoms with Crippen LogP contribution in [0.1, 0.15) is 55.2 Å². The van der Waals surface area contributed by atoms with Crippen molar-refractivity contribution in [3.63, 3.8) is 0 Å². The lowest BCUT2D eigenvalue weighted by Crippen LogP contribution is -2.51. The SMILES string of the molecule is CCOC(=O)C1=C(COC(=O)c2cc(C3CC3)nn2-c2ccccc2)NC(=O)N[C@H]1CC. The van der Waals surface area contributed by atoms with Crippen LogP contribution >= 0.6 is 0 Å². The number of benzene rings is 1. The second-order valence-corrected chi connectivity index (χ2v) is 7.72. The summed E-state index contributed by atoms with van der Waals surface area (Å²) in [4.78, 5) is 37.6. The van der Waals surface area contributed by atoms with Gasteiger partial charge in [-0.2, -0.15) is 5.10 Å². The van der Waals surface area contributed by atoms with Gasteiger partial charge < -0.3 is 20.1 Å². The summed E-state index contributed by atoms with van der Waals surface area (Å²) in [6, 6.07) is 10.1. The minimum absolute atomic E-state index is 0.194. The van der Waals surface area contributed by atoms with Crippen molar-refractivity contribution in [2.75, 3.05) is 13.2 Å². The van der Waals surface area contributed by atoms with Gasteiger partial charge in [-0.1, -0.05) is 25.1 Å².